The van der Waals surface area contributed by atoms with Crippen molar-refractivity contribution in [3.63, 3.8) is 0 Å². The molecule has 11 heavy (non-hydrogen) atoms. The first kappa shape index (κ1) is 7.62. The lowest BCUT2D eigenvalue weighted by Crippen LogP contribution is -2.58. The van der Waals surface area contributed by atoms with Gasteiger partial charge in [0.25, 0.3) is 0 Å². The molecule has 2 rings (SSSR count). The third kappa shape index (κ3) is 1.32. The van der Waals surface area contributed by atoms with Crippen LogP contribution in [0, 0.1) is 5.41 Å². The van der Waals surface area contributed by atoms with Crippen LogP contribution in [0.2, 0.25) is 0 Å². The Morgan fingerprint density at radius 1 is 1.18 bits per heavy atom. The molecule has 0 saturated carbocycles. The summed E-state index contributed by atoms with van der Waals surface area (Å²) >= 11 is 0. The minimum Gasteiger partial charge on any atom is -0.352 e. The monoisotopic (exact) mass is 150 g/mol. The predicted octanol–water partition coefficient (Wildman–Crippen LogP) is 0.0975. The Labute approximate surface area is 70.0 Å². The fourth-order valence-corrected chi connectivity index (χ4v) is 2.22. The summed E-state index contributed by atoms with van der Waals surface area (Å²) in [5.41, 5.74) is 0.612. The Morgan fingerprint density at radius 3 is 2.18 bits per heavy atom. The Balaban J connectivity index is 1.88. The number of piperidine rings is 1. The van der Waals surface area contributed by atoms with Crippen LogP contribution >= 0.6 is 0 Å². The zero-order chi connectivity index (χ0) is 7.90. The maximum Gasteiger partial charge on any atom is 0.182 e. The molecule has 3 heteroatoms. The Bertz CT molecular complexity index is 144. The van der Waals surface area contributed by atoms with Crippen molar-refractivity contribution in [2.24, 2.45) is 5.41 Å². The molecule has 0 bridgehead atoms. The van der Waals surface area contributed by atoms with Crippen LogP contribution in [0.25, 0.3) is 0 Å². The molecule has 0 aromatic carbocycles. The van der Waals surface area contributed by atoms with E-state index in [0.717, 1.165) is 13.1 Å². The highest BCUT2D eigenvalue weighted by atomic mass is 15.2. The number of rotatable bonds is 0. The molecule has 60 valence electrons. The van der Waals surface area contributed by atoms with Gasteiger partial charge in [-0.05, 0) is 51.5 Å². The van der Waals surface area contributed by atoms with Crippen molar-refractivity contribution >= 4 is 7.98 Å². The quantitative estimate of drug-likeness (QED) is 0.452. The number of nitrogens with zero attached hydrogens (tertiary/aromatic N) is 2. The van der Waals surface area contributed by atoms with E-state index in [9.17, 15) is 0 Å². The van der Waals surface area contributed by atoms with E-state index in [4.69, 9.17) is 7.98 Å². The van der Waals surface area contributed by atoms with Gasteiger partial charge in [0, 0.05) is 0 Å². The van der Waals surface area contributed by atoms with Crippen molar-refractivity contribution in [3.8, 4) is 0 Å². The van der Waals surface area contributed by atoms with Crippen molar-refractivity contribution in [2.45, 2.75) is 12.8 Å². The zero-order valence-corrected chi connectivity index (χ0v) is 7.21. The molecule has 0 aliphatic carbocycles. The van der Waals surface area contributed by atoms with Crippen molar-refractivity contribution < 1.29 is 0 Å². The van der Waals surface area contributed by atoms with Gasteiger partial charge in [0.2, 0.25) is 0 Å². The summed E-state index contributed by atoms with van der Waals surface area (Å²) < 4.78 is 0. The Morgan fingerprint density at radius 2 is 1.73 bits per heavy atom. The highest BCUT2D eigenvalue weighted by Crippen LogP contribution is 2.38. The maximum absolute atomic E-state index is 5.64. The predicted molar refractivity (Wildman–Crippen MR) is 46.5 cm³/mol. The second kappa shape index (κ2) is 2.49. The summed E-state index contributed by atoms with van der Waals surface area (Å²) in [4.78, 5) is 4.34. The number of likely N-dealkylation sites (tertiary alicyclic amines) is 1. The average Bonchev–Trinajstić information content (AvgIpc) is 1.92. The second-order valence-corrected chi connectivity index (χ2v) is 4.21. The van der Waals surface area contributed by atoms with Gasteiger partial charge >= 0.3 is 0 Å². The smallest absolute Gasteiger partial charge is 0.182 e. The van der Waals surface area contributed by atoms with Gasteiger partial charge in [-0.15, -0.1) is 0 Å². The van der Waals surface area contributed by atoms with E-state index in [1.807, 2.05) is 4.81 Å². The van der Waals surface area contributed by atoms with E-state index < -0.39 is 0 Å². The topological polar surface area (TPSA) is 6.48 Å². The van der Waals surface area contributed by atoms with Gasteiger partial charge in [0.05, 0.1) is 0 Å². The van der Waals surface area contributed by atoms with Gasteiger partial charge in [0.1, 0.15) is 0 Å². The molecule has 0 unspecified atom stereocenters. The molecule has 0 aromatic rings. The Kier molecular flexibility index (Phi) is 1.73. The van der Waals surface area contributed by atoms with Crippen LogP contribution in [-0.4, -0.2) is 50.9 Å². The minimum atomic E-state index is 0.612. The first-order chi connectivity index (χ1) is 5.20. The van der Waals surface area contributed by atoms with E-state index in [0.29, 0.717) is 5.41 Å². The maximum atomic E-state index is 5.64. The van der Waals surface area contributed by atoms with Crippen LogP contribution in [-0.2, 0) is 0 Å². The summed E-state index contributed by atoms with van der Waals surface area (Å²) in [5.74, 6) is 0. The second-order valence-electron chi connectivity index (χ2n) is 4.21. The van der Waals surface area contributed by atoms with E-state index >= 15 is 0 Å². The van der Waals surface area contributed by atoms with Crippen LogP contribution in [0.1, 0.15) is 12.8 Å². The van der Waals surface area contributed by atoms with Crippen molar-refractivity contribution in [2.75, 3.05) is 33.2 Å². The summed E-state index contributed by atoms with van der Waals surface area (Å²) in [6, 6.07) is 0. The highest BCUT2D eigenvalue weighted by molar-refractivity contribution is 6.05. The summed E-state index contributed by atoms with van der Waals surface area (Å²) in [6.45, 7) is 4.77. The van der Waals surface area contributed by atoms with Crippen LogP contribution in [0.4, 0.5) is 0 Å². The largest absolute Gasteiger partial charge is 0.352 e. The lowest BCUT2D eigenvalue weighted by atomic mass is 9.71. The van der Waals surface area contributed by atoms with Crippen LogP contribution in [0.3, 0.4) is 0 Å². The number of hydrogen-bond donors (Lipinski definition) is 0. The molecule has 2 aliphatic heterocycles. The molecule has 2 aliphatic rings. The molecule has 2 saturated heterocycles. The molecule has 0 N–H and O–H groups in total. The molecule has 2 nitrogen and oxygen atoms in total. The van der Waals surface area contributed by atoms with Crippen molar-refractivity contribution in [1.29, 1.82) is 0 Å². The van der Waals surface area contributed by atoms with E-state index in [1.165, 1.54) is 25.9 Å². The standard InChI is InChI=1S/C8H15BN2/c1-10-4-2-8(3-5-10)6-11(9)7-8/h2-7H2,1H3. The molecule has 2 radical (unpaired) electrons. The average molecular weight is 150 g/mol. The molecule has 2 fully saturated rings. The Hall–Kier alpha value is -0.0151. The minimum absolute atomic E-state index is 0.612. The molecule has 0 atom stereocenters. The molecule has 2 heterocycles. The molecular weight excluding hydrogens is 135 g/mol. The van der Waals surface area contributed by atoms with Gasteiger partial charge in [-0.1, -0.05) is 0 Å². The van der Waals surface area contributed by atoms with Crippen LogP contribution in [0.15, 0.2) is 0 Å². The molecule has 0 amide bonds. The van der Waals surface area contributed by atoms with E-state index in [-0.39, 0.29) is 0 Å². The zero-order valence-electron chi connectivity index (χ0n) is 7.21. The highest BCUT2D eigenvalue weighted by Gasteiger charge is 2.41. The van der Waals surface area contributed by atoms with Crippen LogP contribution in [0.5, 0.6) is 0 Å². The normalized spacial score (nSPS) is 32.1. The summed E-state index contributed by atoms with van der Waals surface area (Å²) in [6.07, 6.45) is 2.69. The third-order valence-corrected chi connectivity index (χ3v) is 3.12. The SMILES string of the molecule is [B]N1CC2(CCN(C)CC2)C1. The van der Waals surface area contributed by atoms with E-state index in [2.05, 4.69) is 11.9 Å². The van der Waals surface area contributed by atoms with E-state index in [1.54, 1.807) is 0 Å². The lowest BCUT2D eigenvalue weighted by Gasteiger charge is -2.53. The first-order valence-corrected chi connectivity index (χ1v) is 4.38. The fraction of sp³-hybridized carbons (Fsp3) is 1.00. The summed E-state index contributed by atoms with van der Waals surface area (Å²) in [7, 11) is 7.84. The lowest BCUT2D eigenvalue weighted by molar-refractivity contribution is 0.00821. The van der Waals surface area contributed by atoms with Gasteiger partial charge in [0.15, 0.2) is 7.98 Å². The first-order valence-electron chi connectivity index (χ1n) is 4.38. The van der Waals surface area contributed by atoms with Gasteiger partial charge < -0.3 is 9.71 Å². The van der Waals surface area contributed by atoms with Gasteiger partial charge in [-0.25, -0.2) is 0 Å². The third-order valence-electron chi connectivity index (χ3n) is 3.12. The fourth-order valence-electron chi connectivity index (χ4n) is 2.22. The van der Waals surface area contributed by atoms with Gasteiger partial charge in [-0.3, -0.25) is 0 Å². The molecule has 0 aromatic heterocycles. The number of hydrogen-bond acceptors (Lipinski definition) is 2. The summed E-state index contributed by atoms with van der Waals surface area (Å²) in [5, 5.41) is 0. The molecule has 1 spiro atoms. The van der Waals surface area contributed by atoms with Crippen molar-refractivity contribution in [3.05, 3.63) is 0 Å². The van der Waals surface area contributed by atoms with Crippen molar-refractivity contribution in [1.82, 2.24) is 9.71 Å². The van der Waals surface area contributed by atoms with Crippen LogP contribution < -0.4 is 0 Å². The van der Waals surface area contributed by atoms with Gasteiger partial charge in [-0.2, -0.15) is 0 Å². The molecular formula is C8H15BN2.